The van der Waals surface area contributed by atoms with Gasteiger partial charge in [0.2, 0.25) is 5.91 Å². The van der Waals surface area contributed by atoms with Gasteiger partial charge in [0.05, 0.1) is 18.1 Å². The molecular formula is C7H10NO4-. The number of carbonyl (C=O) groups is 2. The molecule has 0 aromatic heterocycles. The fourth-order valence-corrected chi connectivity index (χ4v) is 1.39. The molecule has 0 spiro atoms. The van der Waals surface area contributed by atoms with Gasteiger partial charge in [0.1, 0.15) is 0 Å². The number of nitrogens with zero attached hydrogens (tertiary/aromatic N) is 1. The molecule has 2 atom stereocenters. The number of carbonyl (C=O) groups excluding carboxylic acids is 2. The number of aliphatic hydroxyl groups excluding tert-OH is 1. The highest BCUT2D eigenvalue weighted by atomic mass is 16.4. The summed E-state index contributed by atoms with van der Waals surface area (Å²) in [6.07, 6.45) is -0.668. The molecule has 5 heteroatoms. The summed E-state index contributed by atoms with van der Waals surface area (Å²) in [4.78, 5) is 22.4. The average molecular weight is 172 g/mol. The van der Waals surface area contributed by atoms with Crippen molar-refractivity contribution in [3.8, 4) is 0 Å². The Labute approximate surface area is 69.6 Å². The molecule has 1 fully saturated rings. The van der Waals surface area contributed by atoms with Gasteiger partial charge in [-0.3, -0.25) is 4.79 Å². The van der Waals surface area contributed by atoms with Crippen molar-refractivity contribution in [3.05, 3.63) is 0 Å². The van der Waals surface area contributed by atoms with E-state index in [4.69, 9.17) is 5.11 Å². The van der Waals surface area contributed by atoms with Crippen molar-refractivity contribution < 1.29 is 19.8 Å². The molecule has 0 unspecified atom stereocenters. The molecule has 0 saturated carbocycles. The lowest BCUT2D eigenvalue weighted by Gasteiger charge is -2.23. The van der Waals surface area contributed by atoms with Crippen molar-refractivity contribution >= 4 is 11.9 Å². The van der Waals surface area contributed by atoms with Gasteiger partial charge in [-0.2, -0.15) is 0 Å². The summed E-state index contributed by atoms with van der Waals surface area (Å²) in [6, 6.07) is -0.961. The first-order valence-electron chi connectivity index (χ1n) is 3.68. The van der Waals surface area contributed by atoms with E-state index in [2.05, 4.69) is 0 Å². The zero-order chi connectivity index (χ0) is 9.30. The van der Waals surface area contributed by atoms with Gasteiger partial charge in [0.25, 0.3) is 0 Å². The van der Waals surface area contributed by atoms with E-state index in [1.165, 1.54) is 6.92 Å². The van der Waals surface area contributed by atoms with Crippen LogP contribution in [0.4, 0.5) is 0 Å². The number of rotatable bonds is 1. The number of β-amino-alcohol motifs (C(OH)–C–C–N with tert-alkyl or cyclic N) is 1. The molecule has 1 aliphatic heterocycles. The van der Waals surface area contributed by atoms with Crippen LogP contribution in [0.2, 0.25) is 0 Å². The van der Waals surface area contributed by atoms with Gasteiger partial charge in [0.15, 0.2) is 0 Å². The summed E-state index contributed by atoms with van der Waals surface area (Å²) in [5.74, 6) is -1.65. The van der Waals surface area contributed by atoms with E-state index in [9.17, 15) is 14.7 Å². The number of hydrogen-bond donors (Lipinski definition) is 1. The van der Waals surface area contributed by atoms with Crippen LogP contribution < -0.4 is 5.11 Å². The molecule has 1 N–H and O–H groups in total. The average Bonchev–Trinajstić information content (AvgIpc) is 2.31. The number of amides is 1. The van der Waals surface area contributed by atoms with E-state index < -0.39 is 18.1 Å². The molecule has 0 aliphatic carbocycles. The van der Waals surface area contributed by atoms with Gasteiger partial charge in [0, 0.05) is 19.9 Å². The Bertz CT molecular complexity index is 193. The molecule has 0 bridgehead atoms. The van der Waals surface area contributed by atoms with Crippen LogP contribution in [0.3, 0.4) is 0 Å². The molecule has 0 aromatic carbocycles. The van der Waals surface area contributed by atoms with Crippen molar-refractivity contribution in [2.45, 2.75) is 25.5 Å². The quantitative estimate of drug-likeness (QED) is 0.483. The number of carboxylic acid groups (broad SMARTS) is 1. The molecule has 1 aliphatic rings. The molecule has 1 saturated heterocycles. The lowest BCUT2D eigenvalue weighted by atomic mass is 10.2. The SMILES string of the molecule is CC(=O)N1C[C@@H](O)C[C@@H]1C(=O)[O-]. The predicted molar refractivity (Wildman–Crippen MR) is 36.8 cm³/mol. The van der Waals surface area contributed by atoms with Gasteiger partial charge in [-0.25, -0.2) is 0 Å². The van der Waals surface area contributed by atoms with Gasteiger partial charge in [-0.15, -0.1) is 0 Å². The molecule has 1 heterocycles. The Morgan fingerprint density at radius 3 is 2.50 bits per heavy atom. The van der Waals surface area contributed by atoms with Crippen LogP contribution in [0, 0.1) is 0 Å². The van der Waals surface area contributed by atoms with Crippen molar-refractivity contribution in [3.63, 3.8) is 0 Å². The minimum absolute atomic E-state index is 0.0713. The highest BCUT2D eigenvalue weighted by Crippen LogP contribution is 2.16. The highest BCUT2D eigenvalue weighted by molar-refractivity contribution is 5.82. The molecule has 5 nitrogen and oxygen atoms in total. The summed E-state index contributed by atoms with van der Waals surface area (Å²) < 4.78 is 0. The van der Waals surface area contributed by atoms with Crippen molar-refractivity contribution in [2.75, 3.05) is 6.54 Å². The van der Waals surface area contributed by atoms with E-state index in [0.29, 0.717) is 0 Å². The Morgan fingerprint density at radius 2 is 2.17 bits per heavy atom. The van der Waals surface area contributed by atoms with Crippen LogP contribution in [-0.2, 0) is 9.59 Å². The summed E-state index contributed by atoms with van der Waals surface area (Å²) in [6.45, 7) is 1.36. The van der Waals surface area contributed by atoms with Crippen molar-refractivity contribution in [1.29, 1.82) is 0 Å². The standard InChI is InChI=1S/C7H11NO4/c1-4(9)8-3-5(10)2-6(8)7(11)12/h5-6,10H,2-3H2,1H3,(H,11,12)/p-1/t5-,6+/m0/s1. The number of aliphatic hydroxyl groups is 1. The molecule has 1 amide bonds. The molecule has 12 heavy (non-hydrogen) atoms. The normalized spacial score (nSPS) is 29.0. The van der Waals surface area contributed by atoms with Crippen molar-refractivity contribution in [1.82, 2.24) is 4.90 Å². The largest absolute Gasteiger partial charge is 0.548 e. The zero-order valence-corrected chi connectivity index (χ0v) is 6.69. The van der Waals surface area contributed by atoms with E-state index >= 15 is 0 Å². The lowest BCUT2D eigenvalue weighted by Crippen LogP contribution is -2.46. The van der Waals surface area contributed by atoms with Gasteiger partial charge >= 0.3 is 0 Å². The van der Waals surface area contributed by atoms with E-state index in [1.54, 1.807) is 0 Å². The number of likely N-dealkylation sites (tertiary alicyclic amines) is 1. The minimum Gasteiger partial charge on any atom is -0.548 e. The summed E-state index contributed by atoms with van der Waals surface area (Å²) in [7, 11) is 0. The monoisotopic (exact) mass is 172 g/mol. The number of hydrogen-bond acceptors (Lipinski definition) is 4. The minimum atomic E-state index is -1.30. The Kier molecular flexibility index (Phi) is 2.32. The maximum absolute atomic E-state index is 10.8. The third kappa shape index (κ3) is 1.55. The third-order valence-corrected chi connectivity index (χ3v) is 1.96. The molecule has 1 rings (SSSR count). The van der Waals surface area contributed by atoms with Crippen LogP contribution in [-0.4, -0.2) is 40.6 Å². The summed E-state index contributed by atoms with van der Waals surface area (Å²) in [5.41, 5.74) is 0. The highest BCUT2D eigenvalue weighted by Gasteiger charge is 2.33. The van der Waals surface area contributed by atoms with Crippen LogP contribution in [0.5, 0.6) is 0 Å². The lowest BCUT2D eigenvalue weighted by molar-refractivity contribution is -0.310. The van der Waals surface area contributed by atoms with Gasteiger partial charge < -0.3 is 19.9 Å². The molecule has 68 valence electrons. The van der Waals surface area contributed by atoms with E-state index in [1.807, 2.05) is 0 Å². The Morgan fingerprint density at radius 1 is 1.58 bits per heavy atom. The van der Waals surface area contributed by atoms with Crippen LogP contribution in [0.15, 0.2) is 0 Å². The van der Waals surface area contributed by atoms with Crippen LogP contribution in [0.1, 0.15) is 13.3 Å². The first-order chi connectivity index (χ1) is 5.52. The number of carboxylic acids is 1. The van der Waals surface area contributed by atoms with E-state index in [-0.39, 0.29) is 18.9 Å². The summed E-state index contributed by atoms with van der Waals surface area (Å²) in [5, 5.41) is 19.5. The smallest absolute Gasteiger partial charge is 0.220 e. The van der Waals surface area contributed by atoms with Crippen molar-refractivity contribution in [2.24, 2.45) is 0 Å². The zero-order valence-electron chi connectivity index (χ0n) is 6.69. The second-order valence-corrected chi connectivity index (χ2v) is 2.90. The molecule has 0 radical (unpaired) electrons. The fourth-order valence-electron chi connectivity index (χ4n) is 1.39. The third-order valence-electron chi connectivity index (χ3n) is 1.96. The topological polar surface area (TPSA) is 80.7 Å². The number of aliphatic carboxylic acids is 1. The Balaban J connectivity index is 2.72. The first-order valence-corrected chi connectivity index (χ1v) is 3.68. The van der Waals surface area contributed by atoms with E-state index in [0.717, 1.165) is 4.90 Å². The van der Waals surface area contributed by atoms with Crippen LogP contribution in [0.25, 0.3) is 0 Å². The summed E-state index contributed by atoms with van der Waals surface area (Å²) >= 11 is 0. The predicted octanol–water partition coefficient (Wildman–Crippen LogP) is -2.28. The maximum Gasteiger partial charge on any atom is 0.220 e. The fraction of sp³-hybridized carbons (Fsp3) is 0.714. The maximum atomic E-state index is 10.8. The van der Waals surface area contributed by atoms with Gasteiger partial charge in [-0.05, 0) is 0 Å². The second-order valence-electron chi connectivity index (χ2n) is 2.90. The van der Waals surface area contributed by atoms with Gasteiger partial charge in [-0.1, -0.05) is 0 Å². The Hall–Kier alpha value is -1.10. The second kappa shape index (κ2) is 3.10. The first kappa shape index (κ1) is 8.99. The molecular weight excluding hydrogens is 162 g/mol. The van der Waals surface area contributed by atoms with Crippen LogP contribution >= 0.6 is 0 Å². The molecule has 0 aromatic rings.